The van der Waals surface area contributed by atoms with E-state index in [9.17, 15) is 10.1 Å². The summed E-state index contributed by atoms with van der Waals surface area (Å²) < 4.78 is 15.8. The Balaban J connectivity index is 2.15. The van der Waals surface area contributed by atoms with Gasteiger partial charge in [-0.05, 0) is 23.8 Å². The Bertz CT molecular complexity index is 663. The predicted octanol–water partition coefficient (Wildman–Crippen LogP) is 2.63. The lowest BCUT2D eigenvalue weighted by Crippen LogP contribution is -2.03. The van der Waals surface area contributed by atoms with E-state index in [0.29, 0.717) is 29.6 Å². The summed E-state index contributed by atoms with van der Waals surface area (Å²) in [5.41, 5.74) is 0.836. The van der Waals surface area contributed by atoms with Crippen LogP contribution in [0.15, 0.2) is 30.5 Å². The first kappa shape index (κ1) is 16.3. The molecular formula is C15H17N3O5. The van der Waals surface area contributed by atoms with E-state index in [1.165, 1.54) is 12.3 Å². The van der Waals surface area contributed by atoms with Gasteiger partial charge in [-0.15, -0.1) is 0 Å². The van der Waals surface area contributed by atoms with Crippen molar-refractivity contribution in [1.29, 1.82) is 0 Å². The summed E-state index contributed by atoms with van der Waals surface area (Å²) in [7, 11) is 4.64. The third kappa shape index (κ3) is 3.79. The minimum atomic E-state index is -0.490. The average molecular weight is 319 g/mol. The normalized spacial score (nSPS) is 10.0. The SMILES string of the molecule is COc1cc(CNc2ccc([N+](=O)[O-])cn2)cc(OC)c1OC. The lowest BCUT2D eigenvalue weighted by molar-refractivity contribution is -0.385. The molecule has 0 atom stereocenters. The summed E-state index contributed by atoms with van der Waals surface area (Å²) in [4.78, 5) is 14.1. The molecule has 1 N–H and O–H groups in total. The summed E-state index contributed by atoms with van der Waals surface area (Å²) in [5.74, 6) is 2.16. The maximum absolute atomic E-state index is 10.6. The average Bonchev–Trinajstić information content (AvgIpc) is 2.59. The second kappa shape index (κ2) is 7.30. The van der Waals surface area contributed by atoms with Crippen molar-refractivity contribution in [2.24, 2.45) is 0 Å². The van der Waals surface area contributed by atoms with Crippen molar-refractivity contribution in [3.8, 4) is 17.2 Å². The lowest BCUT2D eigenvalue weighted by atomic mass is 10.1. The zero-order valence-electron chi connectivity index (χ0n) is 13.0. The number of nitrogens with one attached hydrogen (secondary N) is 1. The summed E-state index contributed by atoms with van der Waals surface area (Å²) in [6, 6.07) is 6.58. The van der Waals surface area contributed by atoms with Gasteiger partial charge in [0.2, 0.25) is 5.75 Å². The van der Waals surface area contributed by atoms with Crippen molar-refractivity contribution in [1.82, 2.24) is 4.98 Å². The number of rotatable bonds is 7. The highest BCUT2D eigenvalue weighted by Gasteiger charge is 2.13. The number of ether oxygens (including phenoxy) is 3. The number of hydrogen-bond acceptors (Lipinski definition) is 7. The van der Waals surface area contributed by atoms with E-state index in [1.807, 2.05) is 12.1 Å². The highest BCUT2D eigenvalue weighted by atomic mass is 16.6. The van der Waals surface area contributed by atoms with Gasteiger partial charge in [-0.1, -0.05) is 0 Å². The molecule has 0 radical (unpaired) electrons. The number of anilines is 1. The third-order valence-corrected chi connectivity index (χ3v) is 3.16. The van der Waals surface area contributed by atoms with Crippen LogP contribution in [0, 0.1) is 10.1 Å². The largest absolute Gasteiger partial charge is 0.493 e. The first-order valence-electron chi connectivity index (χ1n) is 6.72. The number of benzene rings is 1. The van der Waals surface area contributed by atoms with Gasteiger partial charge in [0.15, 0.2) is 11.5 Å². The van der Waals surface area contributed by atoms with Gasteiger partial charge in [-0.3, -0.25) is 10.1 Å². The van der Waals surface area contributed by atoms with Gasteiger partial charge < -0.3 is 19.5 Å². The predicted molar refractivity (Wildman–Crippen MR) is 84.3 cm³/mol. The fourth-order valence-electron chi connectivity index (χ4n) is 2.03. The molecule has 1 aromatic carbocycles. The number of pyridine rings is 1. The molecular weight excluding hydrogens is 302 g/mol. The van der Waals surface area contributed by atoms with Gasteiger partial charge in [-0.2, -0.15) is 0 Å². The summed E-state index contributed by atoms with van der Waals surface area (Å²) >= 11 is 0. The van der Waals surface area contributed by atoms with Crippen molar-refractivity contribution in [2.75, 3.05) is 26.6 Å². The van der Waals surface area contributed by atoms with Crippen LogP contribution >= 0.6 is 0 Å². The van der Waals surface area contributed by atoms with Crippen LogP contribution in [0.5, 0.6) is 17.2 Å². The molecule has 23 heavy (non-hydrogen) atoms. The molecule has 8 heteroatoms. The molecule has 2 aromatic rings. The van der Waals surface area contributed by atoms with Crippen LogP contribution in [-0.2, 0) is 6.54 Å². The Morgan fingerprint density at radius 3 is 2.22 bits per heavy atom. The molecule has 0 unspecified atom stereocenters. The number of aromatic nitrogens is 1. The minimum Gasteiger partial charge on any atom is -0.493 e. The zero-order chi connectivity index (χ0) is 16.8. The topological polar surface area (TPSA) is 95.8 Å². The Kier molecular flexibility index (Phi) is 5.19. The van der Waals surface area contributed by atoms with Crippen LogP contribution in [0.1, 0.15) is 5.56 Å². The van der Waals surface area contributed by atoms with Crippen molar-refractivity contribution in [3.63, 3.8) is 0 Å². The van der Waals surface area contributed by atoms with Gasteiger partial charge in [0.25, 0.3) is 5.69 Å². The number of nitrogens with zero attached hydrogens (tertiary/aromatic N) is 2. The van der Waals surface area contributed by atoms with Crippen LogP contribution in [-0.4, -0.2) is 31.2 Å². The highest BCUT2D eigenvalue weighted by Crippen LogP contribution is 2.38. The Labute approximate surface area is 133 Å². The molecule has 0 saturated carbocycles. The highest BCUT2D eigenvalue weighted by molar-refractivity contribution is 5.54. The Hall–Kier alpha value is -3.03. The molecule has 0 fully saturated rings. The van der Waals surface area contributed by atoms with Crippen LogP contribution in [0.2, 0.25) is 0 Å². The van der Waals surface area contributed by atoms with Crippen molar-refractivity contribution in [2.45, 2.75) is 6.54 Å². The maximum Gasteiger partial charge on any atom is 0.287 e. The summed E-state index contributed by atoms with van der Waals surface area (Å²) in [5, 5.41) is 13.7. The van der Waals surface area contributed by atoms with Crippen LogP contribution in [0.4, 0.5) is 11.5 Å². The molecule has 0 amide bonds. The standard InChI is InChI=1S/C15H17N3O5/c1-21-12-6-10(7-13(22-2)15(12)23-3)8-16-14-5-4-11(9-17-14)18(19)20/h4-7,9H,8H2,1-3H3,(H,16,17). The van der Waals surface area contributed by atoms with Gasteiger partial charge in [0, 0.05) is 12.6 Å². The van der Waals surface area contributed by atoms with Crippen LogP contribution in [0.25, 0.3) is 0 Å². The molecule has 0 bridgehead atoms. The van der Waals surface area contributed by atoms with E-state index >= 15 is 0 Å². The molecule has 0 aliphatic carbocycles. The number of hydrogen-bond donors (Lipinski definition) is 1. The fraction of sp³-hybridized carbons (Fsp3) is 0.267. The van der Waals surface area contributed by atoms with E-state index < -0.39 is 4.92 Å². The maximum atomic E-state index is 10.6. The van der Waals surface area contributed by atoms with Crippen LogP contribution < -0.4 is 19.5 Å². The lowest BCUT2D eigenvalue weighted by Gasteiger charge is -2.14. The monoisotopic (exact) mass is 319 g/mol. The van der Waals surface area contributed by atoms with Gasteiger partial charge in [0.1, 0.15) is 12.0 Å². The third-order valence-electron chi connectivity index (χ3n) is 3.16. The molecule has 8 nitrogen and oxygen atoms in total. The van der Waals surface area contributed by atoms with Crippen LogP contribution in [0.3, 0.4) is 0 Å². The van der Waals surface area contributed by atoms with E-state index in [-0.39, 0.29) is 5.69 Å². The van der Waals surface area contributed by atoms with Crippen molar-refractivity contribution >= 4 is 11.5 Å². The number of nitro groups is 1. The molecule has 0 saturated heterocycles. The Morgan fingerprint density at radius 1 is 1.13 bits per heavy atom. The smallest absolute Gasteiger partial charge is 0.287 e. The van der Waals surface area contributed by atoms with Gasteiger partial charge >= 0.3 is 0 Å². The van der Waals surface area contributed by atoms with E-state index in [4.69, 9.17) is 14.2 Å². The van der Waals surface area contributed by atoms with E-state index in [1.54, 1.807) is 27.4 Å². The quantitative estimate of drug-likeness (QED) is 0.619. The molecule has 2 rings (SSSR count). The van der Waals surface area contributed by atoms with Gasteiger partial charge in [0.05, 0.1) is 26.3 Å². The molecule has 1 aromatic heterocycles. The molecule has 122 valence electrons. The minimum absolute atomic E-state index is 0.0525. The van der Waals surface area contributed by atoms with E-state index in [0.717, 1.165) is 5.56 Å². The molecule has 0 aliphatic heterocycles. The Morgan fingerprint density at radius 2 is 1.78 bits per heavy atom. The first-order chi connectivity index (χ1) is 11.1. The summed E-state index contributed by atoms with van der Waals surface area (Å²) in [6.07, 6.45) is 1.21. The zero-order valence-corrected chi connectivity index (χ0v) is 13.0. The first-order valence-corrected chi connectivity index (χ1v) is 6.72. The molecule has 1 heterocycles. The second-order valence-corrected chi connectivity index (χ2v) is 4.55. The second-order valence-electron chi connectivity index (χ2n) is 4.55. The summed E-state index contributed by atoms with van der Waals surface area (Å²) in [6.45, 7) is 0.446. The van der Waals surface area contributed by atoms with E-state index in [2.05, 4.69) is 10.3 Å². The number of methoxy groups -OCH3 is 3. The molecule has 0 aliphatic rings. The van der Waals surface area contributed by atoms with Crippen molar-refractivity contribution in [3.05, 3.63) is 46.1 Å². The van der Waals surface area contributed by atoms with Crippen molar-refractivity contribution < 1.29 is 19.1 Å². The van der Waals surface area contributed by atoms with Gasteiger partial charge in [-0.25, -0.2) is 4.98 Å². The molecule has 0 spiro atoms. The fourth-order valence-corrected chi connectivity index (χ4v) is 2.03.